The molecule has 0 spiro atoms. The van der Waals surface area contributed by atoms with Crippen molar-refractivity contribution in [2.75, 3.05) is 0 Å². The topological polar surface area (TPSA) is 54.5 Å². The minimum absolute atomic E-state index is 0.368. The number of H-pyrrole nitrogens is 1. The number of aromatic amines is 1. The minimum Gasteiger partial charge on any atom is -0.345 e. The molecule has 90 valence electrons. The van der Waals surface area contributed by atoms with E-state index in [4.69, 9.17) is 0 Å². The predicted molar refractivity (Wildman–Crippen MR) is 66.6 cm³/mol. The molecule has 0 amide bonds. The number of hydrogen-bond donors (Lipinski definition) is 1. The molecule has 0 fully saturated rings. The van der Waals surface area contributed by atoms with Crippen molar-refractivity contribution in [3.8, 4) is 11.4 Å². The Balaban J connectivity index is 2.24. The van der Waals surface area contributed by atoms with E-state index in [9.17, 15) is 4.39 Å². The summed E-state index contributed by atoms with van der Waals surface area (Å²) in [5.41, 5.74) is 3.34. The first-order valence-electron chi connectivity index (χ1n) is 5.58. The summed E-state index contributed by atoms with van der Waals surface area (Å²) in [4.78, 5) is 15.7. The van der Waals surface area contributed by atoms with Crippen LogP contribution in [0.5, 0.6) is 0 Å². The summed E-state index contributed by atoms with van der Waals surface area (Å²) in [6, 6.07) is 1.44. The summed E-state index contributed by atoms with van der Waals surface area (Å²) in [6.45, 7) is 3.88. The van der Waals surface area contributed by atoms with Crippen LogP contribution in [0.25, 0.3) is 22.4 Å². The number of nitrogens with one attached hydrogen (secondary N) is 1. The monoisotopic (exact) mass is 242 g/mol. The lowest BCUT2D eigenvalue weighted by molar-refractivity contribution is 0.624. The van der Waals surface area contributed by atoms with E-state index in [2.05, 4.69) is 19.9 Å². The quantitative estimate of drug-likeness (QED) is 0.713. The van der Waals surface area contributed by atoms with Crippen LogP contribution in [0.3, 0.4) is 0 Å². The lowest BCUT2D eigenvalue weighted by Gasteiger charge is -2.02. The van der Waals surface area contributed by atoms with Gasteiger partial charge in [0.2, 0.25) is 0 Å². The number of aryl methyl sites for hydroxylation is 2. The van der Waals surface area contributed by atoms with Gasteiger partial charge < -0.3 is 4.98 Å². The van der Waals surface area contributed by atoms with E-state index in [1.54, 1.807) is 12.4 Å². The number of rotatable bonds is 1. The number of fused-ring (bicyclic) bond motifs is 1. The van der Waals surface area contributed by atoms with Crippen molar-refractivity contribution in [3.63, 3.8) is 0 Å². The molecule has 3 aromatic heterocycles. The maximum Gasteiger partial charge on any atom is 0.161 e. The third-order valence-corrected chi connectivity index (χ3v) is 2.96. The van der Waals surface area contributed by atoms with Crippen LogP contribution in [-0.4, -0.2) is 19.9 Å². The highest BCUT2D eigenvalue weighted by molar-refractivity contribution is 5.91. The van der Waals surface area contributed by atoms with E-state index >= 15 is 0 Å². The summed E-state index contributed by atoms with van der Waals surface area (Å²) < 4.78 is 13.2. The van der Waals surface area contributed by atoms with Crippen molar-refractivity contribution in [1.29, 1.82) is 0 Å². The molecule has 0 unspecified atom stereocenters. The van der Waals surface area contributed by atoms with Gasteiger partial charge in [-0.15, -0.1) is 0 Å². The fraction of sp³-hybridized carbons (Fsp3) is 0.154. The van der Waals surface area contributed by atoms with Gasteiger partial charge in [0.15, 0.2) is 5.82 Å². The molecule has 0 saturated heterocycles. The molecular weight excluding hydrogens is 231 g/mol. The summed E-state index contributed by atoms with van der Waals surface area (Å²) in [7, 11) is 0. The van der Waals surface area contributed by atoms with Crippen LogP contribution < -0.4 is 0 Å². The lowest BCUT2D eigenvalue weighted by Crippen LogP contribution is -1.93. The molecule has 3 rings (SSSR count). The van der Waals surface area contributed by atoms with Crippen LogP contribution in [0.4, 0.5) is 4.39 Å². The van der Waals surface area contributed by atoms with E-state index in [1.165, 1.54) is 12.3 Å². The molecule has 4 nitrogen and oxygen atoms in total. The van der Waals surface area contributed by atoms with Crippen molar-refractivity contribution >= 4 is 11.0 Å². The molecule has 0 aliphatic carbocycles. The number of aromatic nitrogens is 4. The van der Waals surface area contributed by atoms with E-state index < -0.39 is 0 Å². The molecular formula is C13H11FN4. The number of pyridine rings is 1. The summed E-state index contributed by atoms with van der Waals surface area (Å²) in [6.07, 6.45) is 4.70. The molecule has 18 heavy (non-hydrogen) atoms. The SMILES string of the molecule is Cc1cnc(-c2c[nH]c3ncc(F)cc23)nc1C. The first-order valence-corrected chi connectivity index (χ1v) is 5.58. The minimum atomic E-state index is -0.368. The maximum absolute atomic E-state index is 13.2. The van der Waals surface area contributed by atoms with Crippen LogP contribution in [0.1, 0.15) is 11.3 Å². The van der Waals surface area contributed by atoms with Gasteiger partial charge in [-0.1, -0.05) is 0 Å². The second-order valence-corrected chi connectivity index (χ2v) is 4.21. The molecule has 3 aromatic rings. The largest absolute Gasteiger partial charge is 0.345 e. The van der Waals surface area contributed by atoms with Crippen molar-refractivity contribution < 1.29 is 4.39 Å². The molecule has 1 N–H and O–H groups in total. The first kappa shape index (κ1) is 10.8. The zero-order valence-corrected chi connectivity index (χ0v) is 10.0. The Morgan fingerprint density at radius 2 is 2.00 bits per heavy atom. The van der Waals surface area contributed by atoms with Crippen molar-refractivity contribution in [2.24, 2.45) is 0 Å². The fourth-order valence-electron chi connectivity index (χ4n) is 1.82. The lowest BCUT2D eigenvalue weighted by atomic mass is 10.2. The molecule has 5 heteroatoms. The van der Waals surface area contributed by atoms with Crippen molar-refractivity contribution in [3.05, 3.63) is 41.7 Å². The number of nitrogens with zero attached hydrogens (tertiary/aromatic N) is 3. The smallest absolute Gasteiger partial charge is 0.161 e. The van der Waals surface area contributed by atoms with Gasteiger partial charge in [-0.2, -0.15) is 0 Å². The second-order valence-electron chi connectivity index (χ2n) is 4.21. The average Bonchev–Trinajstić information content (AvgIpc) is 2.75. The molecule has 0 atom stereocenters. The Morgan fingerprint density at radius 3 is 2.78 bits per heavy atom. The van der Waals surface area contributed by atoms with E-state index in [-0.39, 0.29) is 5.82 Å². The third kappa shape index (κ3) is 1.64. The molecule has 0 saturated carbocycles. The Labute approximate surface area is 103 Å². The summed E-state index contributed by atoms with van der Waals surface area (Å²) in [5, 5.41) is 0.693. The highest BCUT2D eigenvalue weighted by atomic mass is 19.1. The average molecular weight is 242 g/mol. The van der Waals surface area contributed by atoms with Gasteiger partial charge >= 0.3 is 0 Å². The van der Waals surface area contributed by atoms with Crippen LogP contribution in [0, 0.1) is 19.7 Å². The molecule has 0 radical (unpaired) electrons. The van der Waals surface area contributed by atoms with Crippen molar-refractivity contribution in [1.82, 2.24) is 19.9 Å². The Hall–Kier alpha value is -2.30. The Morgan fingerprint density at radius 1 is 1.17 bits per heavy atom. The van der Waals surface area contributed by atoms with Crippen LogP contribution >= 0.6 is 0 Å². The number of hydrogen-bond acceptors (Lipinski definition) is 3. The van der Waals surface area contributed by atoms with E-state index in [1.807, 2.05) is 13.8 Å². The van der Waals surface area contributed by atoms with Crippen LogP contribution in [-0.2, 0) is 0 Å². The van der Waals surface area contributed by atoms with Gasteiger partial charge in [0.25, 0.3) is 0 Å². The van der Waals surface area contributed by atoms with E-state index in [0.717, 1.165) is 16.8 Å². The van der Waals surface area contributed by atoms with Crippen LogP contribution in [0.2, 0.25) is 0 Å². The first-order chi connectivity index (χ1) is 8.65. The van der Waals surface area contributed by atoms with E-state index in [0.29, 0.717) is 16.9 Å². The normalized spacial score (nSPS) is 11.1. The highest BCUT2D eigenvalue weighted by Crippen LogP contribution is 2.25. The van der Waals surface area contributed by atoms with Crippen LogP contribution in [0.15, 0.2) is 24.7 Å². The second kappa shape index (κ2) is 3.87. The molecule has 3 heterocycles. The summed E-state index contributed by atoms with van der Waals surface area (Å²) >= 11 is 0. The molecule has 0 aliphatic heterocycles. The number of halogens is 1. The highest BCUT2D eigenvalue weighted by Gasteiger charge is 2.11. The fourth-order valence-corrected chi connectivity index (χ4v) is 1.82. The van der Waals surface area contributed by atoms with Gasteiger partial charge in [-0.05, 0) is 25.5 Å². The zero-order valence-electron chi connectivity index (χ0n) is 10.0. The Bertz CT molecular complexity index is 733. The Kier molecular flexibility index (Phi) is 2.33. The summed E-state index contributed by atoms with van der Waals surface area (Å²) in [5.74, 6) is 0.212. The van der Waals surface area contributed by atoms with Gasteiger partial charge in [0.05, 0.1) is 6.20 Å². The predicted octanol–water partition coefficient (Wildman–Crippen LogP) is 2.78. The molecule has 0 aliphatic rings. The van der Waals surface area contributed by atoms with Gasteiger partial charge in [-0.3, -0.25) is 0 Å². The maximum atomic E-state index is 13.2. The molecule has 0 aromatic carbocycles. The molecule has 0 bridgehead atoms. The van der Waals surface area contributed by atoms with Crippen molar-refractivity contribution in [2.45, 2.75) is 13.8 Å². The zero-order chi connectivity index (χ0) is 12.7. The third-order valence-electron chi connectivity index (χ3n) is 2.96. The standard InChI is InChI=1S/C13H11FN4/c1-7-4-15-13(18-8(7)2)11-6-17-12-10(11)3-9(14)5-16-12/h3-6H,1-2H3,(H,16,17). The van der Waals surface area contributed by atoms with Gasteiger partial charge in [0.1, 0.15) is 11.5 Å². The van der Waals surface area contributed by atoms with Gasteiger partial charge in [0, 0.05) is 29.0 Å². The van der Waals surface area contributed by atoms with Gasteiger partial charge in [-0.25, -0.2) is 19.3 Å².